The van der Waals surface area contributed by atoms with Gasteiger partial charge >= 0.3 is 0 Å². The van der Waals surface area contributed by atoms with Crippen LogP contribution in [0.1, 0.15) is 23.6 Å². The van der Waals surface area contributed by atoms with Crippen molar-refractivity contribution in [2.75, 3.05) is 13.6 Å². The zero-order valence-corrected chi connectivity index (χ0v) is 12.7. The molecule has 1 aliphatic heterocycles. The van der Waals surface area contributed by atoms with Crippen molar-refractivity contribution in [3.8, 4) is 0 Å². The number of fused-ring (bicyclic) bond motifs is 1. The Bertz CT molecular complexity index is 680. The van der Waals surface area contributed by atoms with Crippen LogP contribution >= 0.6 is 0 Å². The van der Waals surface area contributed by atoms with E-state index in [-0.39, 0.29) is 0 Å². The van der Waals surface area contributed by atoms with E-state index in [1.807, 2.05) is 0 Å². The summed E-state index contributed by atoms with van der Waals surface area (Å²) in [6.07, 6.45) is 4.48. The molecule has 0 aliphatic carbocycles. The maximum absolute atomic E-state index is 2.37. The molecule has 0 atom stereocenters. The Kier molecular flexibility index (Phi) is 4.03. The Balaban J connectivity index is 2.03. The molecule has 21 heavy (non-hydrogen) atoms. The van der Waals surface area contributed by atoms with Gasteiger partial charge in [0.15, 0.2) is 0 Å². The minimum atomic E-state index is 1.01. The molecule has 0 spiro atoms. The van der Waals surface area contributed by atoms with Gasteiger partial charge in [0.1, 0.15) is 0 Å². The van der Waals surface area contributed by atoms with Crippen LogP contribution in [0.15, 0.2) is 66.2 Å². The third kappa shape index (κ3) is 3.14. The monoisotopic (exact) mass is 275 g/mol. The summed E-state index contributed by atoms with van der Waals surface area (Å²) in [5, 5.41) is 0. The average Bonchev–Trinajstić information content (AvgIpc) is 2.61. The van der Waals surface area contributed by atoms with E-state index >= 15 is 0 Å². The minimum absolute atomic E-state index is 1.01. The Hall–Kier alpha value is -2.12. The summed E-state index contributed by atoms with van der Waals surface area (Å²) in [5.74, 6) is 0. The van der Waals surface area contributed by atoms with E-state index < -0.39 is 0 Å². The average molecular weight is 275 g/mol. The van der Waals surface area contributed by atoms with Gasteiger partial charge in [0.2, 0.25) is 0 Å². The second-order valence-corrected chi connectivity index (χ2v) is 5.77. The molecule has 0 amide bonds. The number of benzene rings is 2. The van der Waals surface area contributed by atoms with Gasteiger partial charge in [-0.3, -0.25) is 4.90 Å². The van der Waals surface area contributed by atoms with Crippen LogP contribution in [0.25, 0.3) is 11.6 Å². The fourth-order valence-corrected chi connectivity index (χ4v) is 2.96. The van der Waals surface area contributed by atoms with Crippen LogP contribution < -0.4 is 0 Å². The molecule has 106 valence electrons. The summed E-state index contributed by atoms with van der Waals surface area (Å²) in [5.41, 5.74) is 6.80. The van der Waals surface area contributed by atoms with E-state index in [0.717, 1.165) is 13.1 Å². The van der Waals surface area contributed by atoms with Gasteiger partial charge in [0, 0.05) is 13.1 Å². The Morgan fingerprint density at radius 1 is 0.857 bits per heavy atom. The molecular weight excluding hydrogens is 254 g/mol. The highest BCUT2D eigenvalue weighted by atomic mass is 15.1. The molecule has 1 aliphatic rings. The van der Waals surface area contributed by atoms with E-state index in [2.05, 4.69) is 85.6 Å². The lowest BCUT2D eigenvalue weighted by Crippen LogP contribution is -2.18. The summed E-state index contributed by atoms with van der Waals surface area (Å²) in [6.45, 7) is 4.27. The van der Waals surface area contributed by atoms with Crippen molar-refractivity contribution in [2.45, 2.75) is 13.5 Å². The first-order valence-electron chi connectivity index (χ1n) is 7.44. The number of nitrogens with zero attached hydrogens (tertiary/aromatic N) is 1. The van der Waals surface area contributed by atoms with Gasteiger partial charge in [-0.1, -0.05) is 72.3 Å². The van der Waals surface area contributed by atoms with E-state index in [0.29, 0.717) is 0 Å². The maximum atomic E-state index is 2.37. The fraction of sp³-hybridized carbons (Fsp3) is 0.200. The first-order chi connectivity index (χ1) is 10.2. The molecule has 2 aromatic carbocycles. The van der Waals surface area contributed by atoms with Gasteiger partial charge in [-0.05, 0) is 36.2 Å². The molecular formula is C20H21N. The second-order valence-electron chi connectivity index (χ2n) is 5.77. The van der Waals surface area contributed by atoms with Crippen molar-refractivity contribution in [1.29, 1.82) is 0 Å². The molecule has 2 aromatic rings. The number of hydrogen-bond donors (Lipinski definition) is 0. The molecule has 0 bridgehead atoms. The molecule has 0 aromatic heterocycles. The van der Waals surface area contributed by atoms with Crippen LogP contribution in [0.5, 0.6) is 0 Å². The highest BCUT2D eigenvalue weighted by molar-refractivity contribution is 5.82. The van der Waals surface area contributed by atoms with Crippen molar-refractivity contribution in [1.82, 2.24) is 4.90 Å². The quantitative estimate of drug-likeness (QED) is 0.773. The molecule has 1 heteroatoms. The second kappa shape index (κ2) is 6.11. The predicted octanol–water partition coefficient (Wildman–Crippen LogP) is 4.62. The van der Waals surface area contributed by atoms with E-state index in [9.17, 15) is 0 Å². The first kappa shape index (κ1) is 13.8. The molecule has 0 unspecified atom stereocenters. The third-order valence-corrected chi connectivity index (χ3v) is 3.96. The van der Waals surface area contributed by atoms with Crippen molar-refractivity contribution in [2.24, 2.45) is 0 Å². The van der Waals surface area contributed by atoms with Crippen molar-refractivity contribution in [3.63, 3.8) is 0 Å². The van der Waals surface area contributed by atoms with Crippen LogP contribution in [-0.4, -0.2) is 18.5 Å². The lowest BCUT2D eigenvalue weighted by Gasteiger charge is -2.14. The van der Waals surface area contributed by atoms with E-state index in [1.165, 1.54) is 27.8 Å². The Labute approximate surface area is 127 Å². The number of hydrogen-bond acceptors (Lipinski definition) is 1. The van der Waals surface area contributed by atoms with Gasteiger partial charge in [0.05, 0.1) is 0 Å². The van der Waals surface area contributed by atoms with Crippen LogP contribution in [-0.2, 0) is 6.54 Å². The fourth-order valence-electron chi connectivity index (χ4n) is 2.96. The molecule has 0 radical (unpaired) electrons. The van der Waals surface area contributed by atoms with Crippen molar-refractivity contribution < 1.29 is 0 Å². The molecule has 0 saturated heterocycles. The van der Waals surface area contributed by atoms with Crippen molar-refractivity contribution in [3.05, 3.63) is 82.9 Å². The minimum Gasteiger partial charge on any atom is -0.298 e. The Morgan fingerprint density at radius 3 is 2.38 bits per heavy atom. The summed E-state index contributed by atoms with van der Waals surface area (Å²) in [7, 11) is 2.18. The Morgan fingerprint density at radius 2 is 1.57 bits per heavy atom. The standard InChI is InChI=1S/C20H21N/c1-16-14-21(2)15-18-10-6-7-11-20(18)19(16)13-12-17-8-4-3-5-9-17/h3-13H,14-15H2,1-2H3/b13-12-. The zero-order valence-electron chi connectivity index (χ0n) is 12.7. The van der Waals surface area contributed by atoms with Gasteiger partial charge in [-0.25, -0.2) is 0 Å². The van der Waals surface area contributed by atoms with Crippen LogP contribution in [0.4, 0.5) is 0 Å². The molecule has 0 saturated carbocycles. The highest BCUT2D eigenvalue weighted by Gasteiger charge is 2.15. The molecule has 0 N–H and O–H groups in total. The van der Waals surface area contributed by atoms with Crippen LogP contribution in [0.2, 0.25) is 0 Å². The maximum Gasteiger partial charge on any atom is 0.0240 e. The van der Waals surface area contributed by atoms with Crippen molar-refractivity contribution >= 4 is 11.6 Å². The summed E-state index contributed by atoms with van der Waals surface area (Å²) >= 11 is 0. The van der Waals surface area contributed by atoms with Gasteiger partial charge in [-0.15, -0.1) is 0 Å². The van der Waals surface area contributed by atoms with Crippen LogP contribution in [0.3, 0.4) is 0 Å². The molecule has 1 heterocycles. The van der Waals surface area contributed by atoms with E-state index in [4.69, 9.17) is 0 Å². The summed E-state index contributed by atoms with van der Waals surface area (Å²) in [4.78, 5) is 2.37. The lowest BCUT2D eigenvalue weighted by atomic mass is 9.96. The molecule has 1 nitrogen and oxygen atoms in total. The SMILES string of the molecule is CC1=C(/C=C\c2ccccc2)c2ccccc2CN(C)C1. The number of rotatable bonds is 2. The number of allylic oxidation sites excluding steroid dienone is 2. The topological polar surface area (TPSA) is 3.24 Å². The smallest absolute Gasteiger partial charge is 0.0240 e. The van der Waals surface area contributed by atoms with Gasteiger partial charge in [-0.2, -0.15) is 0 Å². The third-order valence-electron chi connectivity index (χ3n) is 3.96. The number of likely N-dealkylation sites (N-methyl/N-ethyl adjacent to an activating group) is 1. The first-order valence-corrected chi connectivity index (χ1v) is 7.44. The highest BCUT2D eigenvalue weighted by Crippen LogP contribution is 2.29. The predicted molar refractivity (Wildman–Crippen MR) is 90.8 cm³/mol. The molecule has 3 rings (SSSR count). The normalized spacial score (nSPS) is 16.1. The van der Waals surface area contributed by atoms with Gasteiger partial charge < -0.3 is 0 Å². The molecule has 0 fully saturated rings. The largest absolute Gasteiger partial charge is 0.298 e. The van der Waals surface area contributed by atoms with E-state index in [1.54, 1.807) is 0 Å². The lowest BCUT2D eigenvalue weighted by molar-refractivity contribution is 0.358. The summed E-state index contributed by atoms with van der Waals surface area (Å²) in [6, 6.07) is 19.2. The van der Waals surface area contributed by atoms with Crippen LogP contribution in [0, 0.1) is 0 Å². The zero-order chi connectivity index (χ0) is 14.7. The van der Waals surface area contributed by atoms with Gasteiger partial charge in [0.25, 0.3) is 0 Å². The summed E-state index contributed by atoms with van der Waals surface area (Å²) < 4.78 is 0.